The van der Waals surface area contributed by atoms with E-state index in [1.165, 1.54) is 0 Å². The monoisotopic (exact) mass is 467 g/mol. The molecule has 1 aliphatic heterocycles. The van der Waals surface area contributed by atoms with Gasteiger partial charge in [-0.3, -0.25) is 14.6 Å². The molecule has 0 saturated heterocycles. The van der Waals surface area contributed by atoms with Crippen LogP contribution < -0.4 is 20.5 Å². The quantitative estimate of drug-likeness (QED) is 0.445. The molecule has 0 unspecified atom stereocenters. The predicted molar refractivity (Wildman–Crippen MR) is 134 cm³/mol. The number of primary amides is 1. The van der Waals surface area contributed by atoms with Gasteiger partial charge in [0.05, 0.1) is 18.7 Å². The van der Waals surface area contributed by atoms with Crippen LogP contribution in [-0.2, 0) is 6.42 Å². The Bertz CT molecular complexity index is 1450. The minimum atomic E-state index is -0.461. The number of nitrogens with zero attached hydrogens (tertiary/aromatic N) is 1. The Morgan fingerprint density at radius 1 is 0.914 bits per heavy atom. The smallest absolute Gasteiger partial charge is 0.255 e. The third kappa shape index (κ3) is 4.94. The minimum absolute atomic E-state index is 0.218. The van der Waals surface area contributed by atoms with Crippen LogP contribution >= 0.6 is 0 Å². The van der Waals surface area contributed by atoms with E-state index >= 15 is 0 Å². The van der Waals surface area contributed by atoms with Crippen molar-refractivity contribution in [2.75, 3.05) is 18.5 Å². The topological polar surface area (TPSA) is 104 Å². The maximum atomic E-state index is 12.9. The molecule has 0 saturated carbocycles. The first-order chi connectivity index (χ1) is 17.0. The molecular weight excluding hydrogens is 442 g/mol. The lowest BCUT2D eigenvalue weighted by Gasteiger charge is -2.12. The molecular formula is C28H25N3O4. The summed E-state index contributed by atoms with van der Waals surface area (Å²) in [6, 6.07) is 20.2. The fraction of sp³-hybridized carbons (Fsp3) is 0.179. The number of carbonyl (C=O) groups is 2. The lowest BCUT2D eigenvalue weighted by atomic mass is 10.0. The number of hydrogen-bond donors (Lipinski definition) is 2. The van der Waals surface area contributed by atoms with E-state index in [-0.39, 0.29) is 5.91 Å². The van der Waals surface area contributed by atoms with Gasteiger partial charge < -0.3 is 20.5 Å². The molecule has 7 nitrogen and oxygen atoms in total. The zero-order valence-corrected chi connectivity index (χ0v) is 19.3. The Hall–Kier alpha value is -4.39. The first-order valence-corrected chi connectivity index (χ1v) is 11.5. The number of aromatic nitrogens is 1. The molecule has 1 aliphatic rings. The van der Waals surface area contributed by atoms with Gasteiger partial charge in [0.1, 0.15) is 0 Å². The second kappa shape index (κ2) is 9.46. The highest BCUT2D eigenvalue weighted by Crippen LogP contribution is 2.31. The van der Waals surface area contributed by atoms with E-state index < -0.39 is 5.91 Å². The van der Waals surface area contributed by atoms with Crippen molar-refractivity contribution >= 4 is 28.4 Å². The maximum Gasteiger partial charge on any atom is 0.255 e. The fourth-order valence-electron chi connectivity index (χ4n) is 4.06. The summed E-state index contributed by atoms with van der Waals surface area (Å²) in [5.74, 6) is 0.567. The van der Waals surface area contributed by atoms with E-state index in [2.05, 4.69) is 5.32 Å². The highest BCUT2D eigenvalue weighted by molar-refractivity contribution is 6.04. The minimum Gasteiger partial charge on any atom is -0.490 e. The van der Waals surface area contributed by atoms with Crippen LogP contribution in [0.3, 0.4) is 0 Å². The summed E-state index contributed by atoms with van der Waals surface area (Å²) in [7, 11) is 0. The molecule has 35 heavy (non-hydrogen) atoms. The van der Waals surface area contributed by atoms with Gasteiger partial charge in [-0.15, -0.1) is 0 Å². The van der Waals surface area contributed by atoms with Crippen LogP contribution in [0.2, 0.25) is 0 Å². The van der Waals surface area contributed by atoms with Crippen LogP contribution in [0.15, 0.2) is 66.7 Å². The largest absolute Gasteiger partial charge is 0.490 e. The summed E-state index contributed by atoms with van der Waals surface area (Å²) >= 11 is 0. The van der Waals surface area contributed by atoms with E-state index in [4.69, 9.17) is 20.2 Å². The van der Waals surface area contributed by atoms with Gasteiger partial charge in [0.2, 0.25) is 5.91 Å². The van der Waals surface area contributed by atoms with Crippen LogP contribution in [0.4, 0.5) is 5.69 Å². The Balaban J connectivity index is 1.34. The number of benzene rings is 3. The number of rotatable bonds is 5. The van der Waals surface area contributed by atoms with Crippen molar-refractivity contribution in [3.63, 3.8) is 0 Å². The number of anilines is 1. The number of nitrogens with one attached hydrogen (secondary N) is 1. The molecule has 3 N–H and O–H groups in total. The SMILES string of the molecule is Cc1ccc(NC(=O)c2ccc3c(c2)OCCCO3)cc1Cc1ccc2cc(C(N)=O)ccc2n1. The second-order valence-electron chi connectivity index (χ2n) is 8.56. The molecule has 0 bridgehead atoms. The van der Waals surface area contributed by atoms with E-state index in [1.54, 1.807) is 36.4 Å². The molecule has 1 aromatic heterocycles. The first kappa shape index (κ1) is 22.4. The van der Waals surface area contributed by atoms with Crippen LogP contribution in [0, 0.1) is 6.92 Å². The third-order valence-electron chi connectivity index (χ3n) is 6.02. The zero-order valence-electron chi connectivity index (χ0n) is 19.3. The Kier molecular flexibility index (Phi) is 6.06. The number of carbonyl (C=O) groups excluding carboxylic acids is 2. The van der Waals surface area contributed by atoms with Gasteiger partial charge in [-0.25, -0.2) is 0 Å². The van der Waals surface area contributed by atoms with E-state index in [0.29, 0.717) is 47.9 Å². The van der Waals surface area contributed by atoms with Crippen molar-refractivity contribution < 1.29 is 19.1 Å². The lowest BCUT2D eigenvalue weighted by Crippen LogP contribution is -2.12. The van der Waals surface area contributed by atoms with Gasteiger partial charge >= 0.3 is 0 Å². The second-order valence-corrected chi connectivity index (χ2v) is 8.56. The number of fused-ring (bicyclic) bond motifs is 2. The molecule has 2 heterocycles. The molecule has 0 fully saturated rings. The number of pyridine rings is 1. The zero-order chi connectivity index (χ0) is 24.4. The van der Waals surface area contributed by atoms with E-state index in [1.807, 2.05) is 37.3 Å². The Morgan fingerprint density at radius 3 is 2.54 bits per heavy atom. The number of ether oxygens (including phenoxy) is 2. The van der Waals surface area contributed by atoms with Crippen molar-refractivity contribution in [3.05, 3.63) is 94.7 Å². The highest BCUT2D eigenvalue weighted by atomic mass is 16.5. The van der Waals surface area contributed by atoms with Crippen LogP contribution in [-0.4, -0.2) is 30.0 Å². The van der Waals surface area contributed by atoms with Crippen LogP contribution in [0.25, 0.3) is 10.9 Å². The molecule has 3 aromatic carbocycles. The summed E-state index contributed by atoms with van der Waals surface area (Å²) in [6.45, 7) is 3.20. The van der Waals surface area contributed by atoms with Crippen LogP contribution in [0.1, 0.15) is 44.0 Å². The number of amides is 2. The molecule has 0 aliphatic carbocycles. The third-order valence-corrected chi connectivity index (χ3v) is 6.02. The summed E-state index contributed by atoms with van der Waals surface area (Å²) in [5.41, 5.74) is 10.9. The van der Waals surface area contributed by atoms with Gasteiger partial charge in [0.25, 0.3) is 5.91 Å². The molecule has 176 valence electrons. The van der Waals surface area contributed by atoms with Gasteiger partial charge in [-0.2, -0.15) is 0 Å². The summed E-state index contributed by atoms with van der Waals surface area (Å²) in [4.78, 5) is 29.1. The molecule has 5 rings (SSSR count). The molecule has 0 radical (unpaired) electrons. The van der Waals surface area contributed by atoms with E-state index in [9.17, 15) is 9.59 Å². The van der Waals surface area contributed by atoms with Crippen molar-refractivity contribution in [1.82, 2.24) is 4.98 Å². The number of hydrogen-bond acceptors (Lipinski definition) is 5. The maximum absolute atomic E-state index is 12.9. The van der Waals surface area contributed by atoms with Crippen LogP contribution in [0.5, 0.6) is 11.5 Å². The summed E-state index contributed by atoms with van der Waals surface area (Å²) in [6.07, 6.45) is 1.41. The normalized spacial score (nSPS) is 12.7. The van der Waals surface area contributed by atoms with Crippen molar-refractivity contribution in [2.45, 2.75) is 19.8 Å². The predicted octanol–water partition coefficient (Wildman–Crippen LogP) is 4.65. The van der Waals surface area contributed by atoms with Crippen molar-refractivity contribution in [1.29, 1.82) is 0 Å². The van der Waals surface area contributed by atoms with Crippen molar-refractivity contribution in [3.8, 4) is 11.5 Å². The Labute approximate surface area is 202 Å². The fourth-order valence-corrected chi connectivity index (χ4v) is 4.06. The molecule has 7 heteroatoms. The number of nitrogens with two attached hydrogens (primary N) is 1. The van der Waals surface area contributed by atoms with Gasteiger partial charge in [0.15, 0.2) is 11.5 Å². The summed E-state index contributed by atoms with van der Waals surface area (Å²) < 4.78 is 11.4. The average Bonchev–Trinajstić information content (AvgIpc) is 3.10. The highest BCUT2D eigenvalue weighted by Gasteiger charge is 2.15. The van der Waals surface area contributed by atoms with Crippen molar-refractivity contribution in [2.24, 2.45) is 5.73 Å². The molecule has 0 atom stereocenters. The average molecular weight is 468 g/mol. The molecule has 4 aromatic rings. The van der Waals surface area contributed by atoms with Gasteiger partial charge in [-0.1, -0.05) is 12.1 Å². The van der Waals surface area contributed by atoms with E-state index in [0.717, 1.165) is 34.1 Å². The Morgan fingerprint density at radius 2 is 1.71 bits per heavy atom. The van der Waals surface area contributed by atoms with Gasteiger partial charge in [-0.05, 0) is 72.6 Å². The number of aryl methyl sites for hydroxylation is 1. The van der Waals surface area contributed by atoms with Gasteiger partial charge in [0, 0.05) is 40.7 Å². The standard InChI is InChI=1S/C28H25N3O4/c1-17-3-7-23(31-28(33)20-6-10-25-26(16-20)35-12-2-11-34-25)15-21(17)14-22-8-4-18-13-19(27(29)32)5-9-24(18)30-22/h3-10,13,15-16H,2,11-12,14H2,1H3,(H2,29,32)(H,31,33). The lowest BCUT2D eigenvalue weighted by molar-refractivity contribution is 0.0997. The summed E-state index contributed by atoms with van der Waals surface area (Å²) in [5, 5.41) is 3.84. The first-order valence-electron chi connectivity index (χ1n) is 11.5. The molecule has 2 amide bonds. The molecule has 0 spiro atoms.